The topological polar surface area (TPSA) is 38.7 Å². The van der Waals surface area contributed by atoms with Crippen LogP contribution in [0.2, 0.25) is 0 Å². The minimum Gasteiger partial charge on any atom is -0.376 e. The Labute approximate surface area is 73.7 Å². The molecule has 0 spiro atoms. The summed E-state index contributed by atoms with van der Waals surface area (Å²) in [7, 11) is 0. The highest BCUT2D eigenvalue weighted by atomic mass is 16.6. The van der Waals surface area contributed by atoms with E-state index in [0.29, 0.717) is 6.61 Å². The highest BCUT2D eigenvalue weighted by Gasteiger charge is 2.18. The van der Waals surface area contributed by atoms with Gasteiger partial charge < -0.3 is 14.6 Å². The quantitative estimate of drug-likeness (QED) is 0.655. The van der Waals surface area contributed by atoms with Crippen LogP contribution in [-0.4, -0.2) is 30.2 Å². The van der Waals surface area contributed by atoms with Gasteiger partial charge in [0.25, 0.3) is 0 Å². The Kier molecular flexibility index (Phi) is 3.50. The van der Waals surface area contributed by atoms with Crippen LogP contribution in [0.3, 0.4) is 0 Å². The molecule has 3 nitrogen and oxygen atoms in total. The Balaban J connectivity index is 2.13. The monoisotopic (exact) mass is 174 g/mol. The first-order chi connectivity index (χ1) is 5.58. The molecule has 0 amide bonds. The molecule has 0 aromatic rings. The highest BCUT2D eigenvalue weighted by Crippen LogP contribution is 2.14. The molecule has 1 saturated heterocycles. The maximum Gasteiger partial charge on any atom is 0.159 e. The van der Waals surface area contributed by atoms with Crippen LogP contribution in [0.4, 0.5) is 0 Å². The van der Waals surface area contributed by atoms with E-state index in [-0.39, 0.29) is 6.10 Å². The average molecular weight is 174 g/mol. The normalized spacial score (nSPS) is 25.8. The van der Waals surface area contributed by atoms with Crippen molar-refractivity contribution in [3.8, 4) is 0 Å². The Morgan fingerprint density at radius 2 is 2.25 bits per heavy atom. The van der Waals surface area contributed by atoms with Crippen molar-refractivity contribution >= 4 is 0 Å². The predicted octanol–water partition coefficient (Wildman–Crippen LogP) is 1.30. The van der Waals surface area contributed by atoms with Gasteiger partial charge in [-0.15, -0.1) is 0 Å². The smallest absolute Gasteiger partial charge is 0.159 e. The van der Waals surface area contributed by atoms with Gasteiger partial charge in [-0.2, -0.15) is 0 Å². The van der Waals surface area contributed by atoms with Gasteiger partial charge in [0.2, 0.25) is 0 Å². The van der Waals surface area contributed by atoms with Gasteiger partial charge in [0.1, 0.15) is 0 Å². The van der Waals surface area contributed by atoms with Crippen LogP contribution >= 0.6 is 0 Å². The standard InChI is InChI=1S/C9H18O3/c1-9(2,10)12-7-8-5-3-4-6-11-8/h8,10H,3-7H2,1-2H3/t8-/m1/s1. The molecule has 0 unspecified atom stereocenters. The third-order valence-electron chi connectivity index (χ3n) is 1.90. The zero-order valence-electron chi connectivity index (χ0n) is 7.88. The fraction of sp³-hybridized carbons (Fsp3) is 1.00. The van der Waals surface area contributed by atoms with Gasteiger partial charge >= 0.3 is 0 Å². The molecule has 0 aromatic carbocycles. The lowest BCUT2D eigenvalue weighted by Crippen LogP contribution is -2.31. The molecule has 1 aliphatic rings. The van der Waals surface area contributed by atoms with Crippen LogP contribution in [0.1, 0.15) is 33.1 Å². The molecule has 0 aliphatic carbocycles. The molecule has 1 aliphatic heterocycles. The summed E-state index contributed by atoms with van der Waals surface area (Å²) >= 11 is 0. The lowest BCUT2D eigenvalue weighted by atomic mass is 10.1. The van der Waals surface area contributed by atoms with Crippen LogP contribution in [0.25, 0.3) is 0 Å². The number of hydrogen-bond donors (Lipinski definition) is 1. The van der Waals surface area contributed by atoms with Crippen LogP contribution in [-0.2, 0) is 9.47 Å². The maximum atomic E-state index is 9.27. The van der Waals surface area contributed by atoms with E-state index in [1.165, 1.54) is 6.42 Å². The second-order valence-corrected chi connectivity index (χ2v) is 3.75. The predicted molar refractivity (Wildman–Crippen MR) is 45.8 cm³/mol. The average Bonchev–Trinajstić information content (AvgIpc) is 2.02. The minimum atomic E-state index is -1.03. The van der Waals surface area contributed by atoms with Crippen molar-refractivity contribution < 1.29 is 14.6 Å². The van der Waals surface area contributed by atoms with Crippen molar-refractivity contribution in [1.82, 2.24) is 0 Å². The number of rotatable bonds is 3. The van der Waals surface area contributed by atoms with Crippen molar-refractivity contribution in [3.05, 3.63) is 0 Å². The second kappa shape index (κ2) is 4.21. The Hall–Kier alpha value is -0.120. The van der Waals surface area contributed by atoms with E-state index in [9.17, 15) is 5.11 Å². The fourth-order valence-corrected chi connectivity index (χ4v) is 1.24. The van der Waals surface area contributed by atoms with Crippen LogP contribution in [0, 0.1) is 0 Å². The zero-order chi connectivity index (χ0) is 9.03. The van der Waals surface area contributed by atoms with E-state index in [2.05, 4.69) is 0 Å². The lowest BCUT2D eigenvalue weighted by molar-refractivity contribution is -0.198. The van der Waals surface area contributed by atoms with Crippen molar-refractivity contribution in [2.45, 2.75) is 45.0 Å². The largest absolute Gasteiger partial charge is 0.376 e. The molecule has 1 rings (SSSR count). The van der Waals surface area contributed by atoms with E-state index in [0.717, 1.165) is 19.4 Å². The third kappa shape index (κ3) is 4.04. The van der Waals surface area contributed by atoms with E-state index >= 15 is 0 Å². The molecular formula is C9H18O3. The van der Waals surface area contributed by atoms with E-state index < -0.39 is 5.79 Å². The summed E-state index contributed by atoms with van der Waals surface area (Å²) in [4.78, 5) is 0. The third-order valence-corrected chi connectivity index (χ3v) is 1.90. The molecule has 72 valence electrons. The SMILES string of the molecule is CC(C)(O)OC[C@H]1CCCCO1. The summed E-state index contributed by atoms with van der Waals surface area (Å²) in [5, 5.41) is 9.27. The van der Waals surface area contributed by atoms with Crippen molar-refractivity contribution in [2.24, 2.45) is 0 Å². The van der Waals surface area contributed by atoms with Gasteiger partial charge in [-0.3, -0.25) is 0 Å². The molecule has 12 heavy (non-hydrogen) atoms. The fourth-order valence-electron chi connectivity index (χ4n) is 1.24. The molecule has 0 bridgehead atoms. The summed E-state index contributed by atoms with van der Waals surface area (Å²) in [6, 6.07) is 0. The summed E-state index contributed by atoms with van der Waals surface area (Å²) in [6.45, 7) is 4.61. The van der Waals surface area contributed by atoms with Crippen molar-refractivity contribution in [3.63, 3.8) is 0 Å². The Morgan fingerprint density at radius 3 is 2.75 bits per heavy atom. The van der Waals surface area contributed by atoms with E-state index in [1.807, 2.05) is 0 Å². The van der Waals surface area contributed by atoms with Gasteiger partial charge in [-0.05, 0) is 33.1 Å². The van der Waals surface area contributed by atoms with Gasteiger partial charge in [0, 0.05) is 6.61 Å². The molecule has 1 N–H and O–H groups in total. The van der Waals surface area contributed by atoms with Crippen molar-refractivity contribution in [1.29, 1.82) is 0 Å². The molecule has 0 aromatic heterocycles. The van der Waals surface area contributed by atoms with E-state index in [4.69, 9.17) is 9.47 Å². The minimum absolute atomic E-state index is 0.185. The highest BCUT2D eigenvalue weighted by molar-refractivity contribution is 4.63. The van der Waals surface area contributed by atoms with E-state index in [1.54, 1.807) is 13.8 Å². The van der Waals surface area contributed by atoms with Crippen LogP contribution < -0.4 is 0 Å². The summed E-state index contributed by atoms with van der Waals surface area (Å²) in [6.07, 6.45) is 3.60. The first-order valence-electron chi connectivity index (χ1n) is 4.56. The number of hydrogen-bond acceptors (Lipinski definition) is 3. The number of ether oxygens (including phenoxy) is 2. The summed E-state index contributed by atoms with van der Waals surface area (Å²) in [5.41, 5.74) is 0. The van der Waals surface area contributed by atoms with Gasteiger partial charge in [0.05, 0.1) is 12.7 Å². The Bertz CT molecular complexity index is 122. The summed E-state index contributed by atoms with van der Waals surface area (Å²) in [5.74, 6) is -1.03. The molecule has 0 radical (unpaired) electrons. The number of aliphatic hydroxyl groups is 1. The lowest BCUT2D eigenvalue weighted by Gasteiger charge is -2.26. The molecule has 3 heteroatoms. The summed E-state index contributed by atoms with van der Waals surface area (Å²) < 4.78 is 10.6. The molecule has 1 heterocycles. The molecular weight excluding hydrogens is 156 g/mol. The van der Waals surface area contributed by atoms with Crippen LogP contribution in [0.15, 0.2) is 0 Å². The molecule has 1 fully saturated rings. The van der Waals surface area contributed by atoms with Crippen LogP contribution in [0.5, 0.6) is 0 Å². The molecule has 1 atom stereocenters. The van der Waals surface area contributed by atoms with Gasteiger partial charge in [-0.1, -0.05) is 0 Å². The van der Waals surface area contributed by atoms with Gasteiger partial charge in [0.15, 0.2) is 5.79 Å². The Morgan fingerprint density at radius 1 is 1.50 bits per heavy atom. The first-order valence-corrected chi connectivity index (χ1v) is 4.56. The van der Waals surface area contributed by atoms with Crippen molar-refractivity contribution in [2.75, 3.05) is 13.2 Å². The maximum absolute atomic E-state index is 9.27. The first kappa shape index (κ1) is 9.96. The second-order valence-electron chi connectivity index (χ2n) is 3.75. The van der Waals surface area contributed by atoms with Gasteiger partial charge in [-0.25, -0.2) is 0 Å². The zero-order valence-corrected chi connectivity index (χ0v) is 7.88. The molecule has 0 saturated carbocycles.